The number of nitrogens with zero attached hydrogens (tertiary/aromatic N) is 2. The van der Waals surface area contributed by atoms with Crippen LogP contribution in [0.3, 0.4) is 0 Å². The van der Waals surface area contributed by atoms with Crippen LogP contribution in [0.5, 0.6) is 0 Å². The van der Waals surface area contributed by atoms with Crippen molar-refractivity contribution in [2.45, 2.75) is 6.42 Å². The zero-order valence-corrected chi connectivity index (χ0v) is 14.9. The lowest BCUT2D eigenvalue weighted by Crippen LogP contribution is -2.23. The van der Waals surface area contributed by atoms with Crippen molar-refractivity contribution in [3.05, 3.63) is 34.7 Å². The van der Waals surface area contributed by atoms with Crippen LogP contribution >= 0.6 is 11.3 Å². The number of carbonyl (C=O) groups excluding carboxylic acids is 1. The number of benzene rings is 1. The number of hydrogen-bond donors (Lipinski definition) is 3. The van der Waals surface area contributed by atoms with Crippen molar-refractivity contribution in [3.63, 3.8) is 0 Å². The Bertz CT molecular complexity index is 862. The second-order valence-electron chi connectivity index (χ2n) is 5.93. The number of esters is 1. The van der Waals surface area contributed by atoms with Gasteiger partial charge in [0.25, 0.3) is 0 Å². The van der Waals surface area contributed by atoms with Crippen molar-refractivity contribution in [2.75, 3.05) is 25.1 Å². The molecule has 1 fully saturated rings. The molecule has 0 bridgehead atoms. The van der Waals surface area contributed by atoms with E-state index in [0.29, 0.717) is 41.5 Å². The average molecular weight is 374 g/mol. The highest BCUT2D eigenvalue weighted by atomic mass is 32.1. The van der Waals surface area contributed by atoms with E-state index in [2.05, 4.69) is 4.98 Å². The largest absolute Gasteiger partial charge is 0.477 e. The Morgan fingerprint density at radius 3 is 2.65 bits per heavy atom. The number of amidine groups is 1. The molecule has 0 saturated carbocycles. The van der Waals surface area contributed by atoms with Crippen molar-refractivity contribution in [2.24, 2.45) is 11.7 Å². The van der Waals surface area contributed by atoms with Crippen LogP contribution in [0.15, 0.2) is 24.3 Å². The van der Waals surface area contributed by atoms with Crippen molar-refractivity contribution < 1.29 is 19.4 Å². The highest BCUT2D eigenvalue weighted by Gasteiger charge is 2.32. The van der Waals surface area contributed by atoms with Crippen LogP contribution in [0.1, 0.15) is 21.7 Å². The lowest BCUT2D eigenvalue weighted by Gasteiger charge is -2.13. The Balaban J connectivity index is 1.91. The van der Waals surface area contributed by atoms with Gasteiger partial charge in [0.15, 0.2) is 5.13 Å². The van der Waals surface area contributed by atoms with E-state index in [0.717, 1.165) is 11.3 Å². The summed E-state index contributed by atoms with van der Waals surface area (Å²) in [5.74, 6) is -1.60. The van der Waals surface area contributed by atoms with Gasteiger partial charge in [-0.15, -0.1) is 0 Å². The van der Waals surface area contributed by atoms with Crippen LogP contribution in [-0.2, 0) is 9.53 Å². The zero-order valence-electron chi connectivity index (χ0n) is 14.1. The van der Waals surface area contributed by atoms with E-state index >= 15 is 0 Å². The molecule has 8 nitrogen and oxygen atoms in total. The number of nitrogen functional groups attached to an aromatic ring is 1. The maximum atomic E-state index is 11.7. The molecule has 1 aromatic heterocycles. The van der Waals surface area contributed by atoms with Gasteiger partial charge in [0.2, 0.25) is 0 Å². The van der Waals surface area contributed by atoms with Gasteiger partial charge in [0.05, 0.1) is 18.7 Å². The summed E-state index contributed by atoms with van der Waals surface area (Å²) in [5.41, 5.74) is 7.01. The van der Waals surface area contributed by atoms with Crippen molar-refractivity contribution in [1.82, 2.24) is 4.98 Å². The topological polar surface area (TPSA) is 130 Å². The summed E-state index contributed by atoms with van der Waals surface area (Å²) in [6, 6.07) is 6.71. The summed E-state index contributed by atoms with van der Waals surface area (Å²) in [5, 5.41) is 17.5. The van der Waals surface area contributed by atoms with Gasteiger partial charge in [-0.1, -0.05) is 35.6 Å². The third-order valence-electron chi connectivity index (χ3n) is 4.27. The fourth-order valence-corrected chi connectivity index (χ4v) is 3.85. The molecule has 4 N–H and O–H groups in total. The average Bonchev–Trinajstić information content (AvgIpc) is 3.28. The number of ether oxygens (including phenoxy) is 1. The normalized spacial score (nSPS) is 16.5. The van der Waals surface area contributed by atoms with Gasteiger partial charge in [-0.25, -0.2) is 9.78 Å². The van der Waals surface area contributed by atoms with Gasteiger partial charge in [-0.05, 0) is 6.42 Å². The van der Waals surface area contributed by atoms with E-state index in [4.69, 9.17) is 15.9 Å². The van der Waals surface area contributed by atoms with Crippen molar-refractivity contribution in [1.29, 1.82) is 5.41 Å². The number of carbonyl (C=O) groups is 2. The summed E-state index contributed by atoms with van der Waals surface area (Å²) in [6.45, 7) is 1.08. The number of rotatable bonds is 5. The van der Waals surface area contributed by atoms with Gasteiger partial charge in [0, 0.05) is 24.2 Å². The minimum absolute atomic E-state index is 0.0557. The molecule has 0 aliphatic carbocycles. The Hall–Kier alpha value is -2.94. The van der Waals surface area contributed by atoms with Gasteiger partial charge >= 0.3 is 11.9 Å². The molecule has 1 unspecified atom stereocenters. The van der Waals surface area contributed by atoms with Crippen LogP contribution in [0.4, 0.5) is 5.13 Å². The molecule has 1 aliphatic heterocycles. The maximum absolute atomic E-state index is 11.7. The van der Waals surface area contributed by atoms with Crippen molar-refractivity contribution in [3.8, 4) is 11.3 Å². The molecule has 1 saturated heterocycles. The van der Waals surface area contributed by atoms with Crippen LogP contribution in [0, 0.1) is 11.3 Å². The molecule has 2 aromatic rings. The number of carboxylic acids is 1. The predicted octanol–water partition coefficient (Wildman–Crippen LogP) is 1.79. The summed E-state index contributed by atoms with van der Waals surface area (Å²) in [4.78, 5) is 29.9. The number of anilines is 1. The number of nitrogens with two attached hydrogens (primary N) is 1. The van der Waals surface area contributed by atoms with Gasteiger partial charge in [0.1, 0.15) is 10.7 Å². The van der Waals surface area contributed by atoms with E-state index in [9.17, 15) is 14.7 Å². The molecule has 0 amide bonds. The molecule has 136 valence electrons. The fourth-order valence-electron chi connectivity index (χ4n) is 2.89. The maximum Gasteiger partial charge on any atom is 0.348 e. The number of aromatic nitrogens is 1. The molecule has 0 spiro atoms. The number of thiazole rings is 1. The molecule has 3 rings (SSSR count). The highest BCUT2D eigenvalue weighted by Crippen LogP contribution is 2.35. The SMILES string of the molecule is COC(=O)C1CCN(c2nc(-c3ccc(C(=N)N)cc3)c(C(=O)O)s2)C1. The Morgan fingerprint density at radius 1 is 1.38 bits per heavy atom. The molecule has 26 heavy (non-hydrogen) atoms. The number of aromatic carboxylic acids is 1. The second kappa shape index (κ2) is 7.12. The standard InChI is InChI=1S/C17H18N4O4S/c1-25-16(24)11-6-7-21(8-11)17-20-12(13(26-17)15(22)23)9-2-4-10(5-3-9)14(18)19/h2-5,11H,6-8H2,1H3,(H3,18,19)(H,22,23). The molecular weight excluding hydrogens is 356 g/mol. The van der Waals surface area contributed by atoms with Gasteiger partial charge < -0.3 is 20.5 Å². The summed E-state index contributed by atoms with van der Waals surface area (Å²) < 4.78 is 4.78. The summed E-state index contributed by atoms with van der Waals surface area (Å²) in [7, 11) is 1.36. The lowest BCUT2D eigenvalue weighted by molar-refractivity contribution is -0.144. The quantitative estimate of drug-likeness (QED) is 0.413. The summed E-state index contributed by atoms with van der Waals surface area (Å²) >= 11 is 1.09. The molecule has 2 heterocycles. The van der Waals surface area contributed by atoms with Gasteiger partial charge in [-0.3, -0.25) is 10.2 Å². The molecular formula is C17H18N4O4S. The predicted molar refractivity (Wildman–Crippen MR) is 97.9 cm³/mol. The molecule has 9 heteroatoms. The van der Waals surface area contributed by atoms with Crippen LogP contribution < -0.4 is 10.6 Å². The van der Waals surface area contributed by atoms with Crippen LogP contribution in [-0.4, -0.2) is 48.1 Å². The fraction of sp³-hybridized carbons (Fsp3) is 0.294. The molecule has 1 atom stereocenters. The minimum Gasteiger partial charge on any atom is -0.477 e. The van der Waals surface area contributed by atoms with E-state index in [1.165, 1.54) is 7.11 Å². The Morgan fingerprint density at radius 2 is 2.08 bits per heavy atom. The van der Waals surface area contributed by atoms with E-state index in [1.54, 1.807) is 24.3 Å². The highest BCUT2D eigenvalue weighted by molar-refractivity contribution is 7.17. The third kappa shape index (κ3) is 3.38. The molecule has 0 radical (unpaired) electrons. The monoisotopic (exact) mass is 374 g/mol. The first kappa shape index (κ1) is 17.9. The number of methoxy groups -OCH3 is 1. The second-order valence-corrected chi connectivity index (χ2v) is 6.90. The number of nitrogens with one attached hydrogen (secondary N) is 1. The Kier molecular flexibility index (Phi) is 4.90. The van der Waals surface area contributed by atoms with E-state index in [1.807, 2.05) is 4.90 Å². The summed E-state index contributed by atoms with van der Waals surface area (Å²) in [6.07, 6.45) is 0.650. The number of hydrogen-bond acceptors (Lipinski definition) is 7. The van der Waals surface area contributed by atoms with Gasteiger partial charge in [-0.2, -0.15) is 0 Å². The van der Waals surface area contributed by atoms with E-state index < -0.39 is 5.97 Å². The number of carboxylic acid groups (broad SMARTS) is 1. The Labute approximate surface area is 153 Å². The third-order valence-corrected chi connectivity index (χ3v) is 5.38. The molecule has 1 aromatic carbocycles. The first-order valence-corrected chi connectivity index (χ1v) is 8.74. The lowest BCUT2D eigenvalue weighted by atomic mass is 10.1. The minimum atomic E-state index is -1.05. The first-order valence-electron chi connectivity index (χ1n) is 7.92. The van der Waals surface area contributed by atoms with Crippen LogP contribution in [0.25, 0.3) is 11.3 Å². The smallest absolute Gasteiger partial charge is 0.348 e. The molecule has 1 aliphatic rings. The van der Waals surface area contributed by atoms with Crippen molar-refractivity contribution >= 4 is 34.2 Å². The zero-order chi connectivity index (χ0) is 18.8. The first-order chi connectivity index (χ1) is 12.4. The van der Waals surface area contributed by atoms with Crippen LogP contribution in [0.2, 0.25) is 0 Å². The van der Waals surface area contributed by atoms with E-state index in [-0.39, 0.29) is 22.6 Å².